The quantitative estimate of drug-likeness (QED) is 0.482. The van der Waals surface area contributed by atoms with Crippen LogP contribution in [0.15, 0.2) is 29.2 Å². The second-order valence-corrected chi connectivity index (χ2v) is 9.66. The van der Waals surface area contributed by atoms with Gasteiger partial charge in [-0.05, 0) is 42.5 Å². The van der Waals surface area contributed by atoms with Gasteiger partial charge in [0.1, 0.15) is 0 Å². The van der Waals surface area contributed by atoms with Gasteiger partial charge in [-0.2, -0.15) is 9.57 Å². The van der Waals surface area contributed by atoms with Gasteiger partial charge in [-0.15, -0.1) is 0 Å². The molecule has 2 atom stereocenters. The molecule has 10 heteroatoms. The van der Waals surface area contributed by atoms with E-state index in [1.54, 1.807) is 0 Å². The average molecular weight is 437 g/mol. The van der Waals surface area contributed by atoms with E-state index in [2.05, 4.69) is 10.1 Å². The third kappa shape index (κ3) is 6.52. The van der Waals surface area contributed by atoms with Crippen LogP contribution in [0.4, 0.5) is 5.69 Å². The van der Waals surface area contributed by atoms with Crippen LogP contribution in [0.2, 0.25) is 0 Å². The largest absolute Gasteiger partial charge is 0.468 e. The first-order valence-corrected chi connectivity index (χ1v) is 11.2. The zero-order valence-electron chi connectivity index (χ0n) is 17.5. The minimum absolute atomic E-state index is 0.105. The van der Waals surface area contributed by atoms with Crippen molar-refractivity contribution in [3.8, 4) is 6.07 Å². The van der Waals surface area contributed by atoms with Gasteiger partial charge in [-0.1, -0.05) is 13.8 Å². The van der Waals surface area contributed by atoms with Gasteiger partial charge >= 0.3 is 5.97 Å². The Balaban J connectivity index is 2.02. The van der Waals surface area contributed by atoms with E-state index < -0.39 is 21.9 Å². The third-order valence-electron chi connectivity index (χ3n) is 4.85. The molecule has 0 saturated carbocycles. The zero-order valence-corrected chi connectivity index (χ0v) is 18.3. The molecule has 30 heavy (non-hydrogen) atoms. The zero-order chi connectivity index (χ0) is 22.3. The van der Waals surface area contributed by atoms with Crippen molar-refractivity contribution in [1.29, 1.82) is 5.26 Å². The topological polar surface area (TPSA) is 120 Å². The lowest BCUT2D eigenvalue weighted by molar-refractivity contribution is -0.141. The van der Waals surface area contributed by atoms with E-state index in [-0.39, 0.29) is 24.5 Å². The maximum Gasteiger partial charge on any atom is 0.319 e. The molecule has 1 aromatic carbocycles. The van der Waals surface area contributed by atoms with Crippen LogP contribution in [0.25, 0.3) is 0 Å². The van der Waals surface area contributed by atoms with Gasteiger partial charge in [-0.25, -0.2) is 8.42 Å². The predicted octanol–water partition coefficient (Wildman–Crippen LogP) is 1.29. The summed E-state index contributed by atoms with van der Waals surface area (Å²) in [5.41, 5.74) is 0.425. The molecule has 1 amide bonds. The number of hydrogen-bond donors (Lipinski definition) is 1. The van der Waals surface area contributed by atoms with Crippen LogP contribution >= 0.6 is 0 Å². The molecule has 1 saturated heterocycles. The van der Waals surface area contributed by atoms with Crippen molar-refractivity contribution >= 4 is 27.6 Å². The first-order valence-electron chi connectivity index (χ1n) is 9.72. The number of sulfonamides is 1. The van der Waals surface area contributed by atoms with E-state index in [0.29, 0.717) is 30.6 Å². The Kier molecular flexibility index (Phi) is 8.34. The number of carbonyl (C=O) groups excluding carboxylic acids is 2. The van der Waals surface area contributed by atoms with Crippen molar-refractivity contribution in [2.75, 3.05) is 45.2 Å². The van der Waals surface area contributed by atoms with Crippen molar-refractivity contribution in [2.45, 2.75) is 25.2 Å². The number of benzene rings is 1. The van der Waals surface area contributed by atoms with E-state index >= 15 is 0 Å². The molecule has 0 aliphatic carbocycles. The molecule has 0 spiro atoms. The molecule has 164 valence electrons. The van der Waals surface area contributed by atoms with Crippen LogP contribution < -0.4 is 5.32 Å². The molecular formula is C20H28N4O5S. The minimum Gasteiger partial charge on any atom is -0.468 e. The number of nitrogens with one attached hydrogen (secondary N) is 1. The fraction of sp³-hybridized carbons (Fsp3) is 0.550. The van der Waals surface area contributed by atoms with Crippen molar-refractivity contribution in [1.82, 2.24) is 9.21 Å². The van der Waals surface area contributed by atoms with E-state index in [1.165, 1.54) is 40.6 Å². The molecule has 1 aliphatic heterocycles. The third-order valence-corrected chi connectivity index (χ3v) is 6.70. The van der Waals surface area contributed by atoms with Crippen molar-refractivity contribution < 1.29 is 22.7 Å². The second kappa shape index (κ2) is 10.5. The first-order chi connectivity index (χ1) is 14.1. The number of amides is 1. The Labute approximate surface area is 177 Å². The molecule has 0 bridgehead atoms. The lowest BCUT2D eigenvalue weighted by Gasteiger charge is -2.34. The highest BCUT2D eigenvalue weighted by atomic mass is 32.2. The maximum absolute atomic E-state index is 12.9. The standard InChI is InChI=1S/C20H28N4O5S/c1-15-10-16(2)12-24(11-15)30(27,28)18-6-4-17(5-7-18)22-19(25)13-23(9-8-21)14-20(26)29-3/h4-7,15-16H,9-14H2,1-3H3,(H,22,25). The van der Waals surface area contributed by atoms with Crippen molar-refractivity contribution in [3.05, 3.63) is 24.3 Å². The molecule has 0 aromatic heterocycles. The van der Waals surface area contributed by atoms with E-state index in [1.807, 2.05) is 19.9 Å². The SMILES string of the molecule is COC(=O)CN(CC#N)CC(=O)Nc1ccc(S(=O)(=O)N2CC(C)CC(C)C2)cc1. The molecule has 1 aliphatic rings. The van der Waals surface area contributed by atoms with Crippen LogP contribution in [0.5, 0.6) is 0 Å². The molecule has 2 rings (SSSR count). The number of methoxy groups -OCH3 is 1. The summed E-state index contributed by atoms with van der Waals surface area (Å²) in [5, 5.41) is 11.5. The first kappa shape index (κ1) is 23.8. The van der Waals surface area contributed by atoms with Gasteiger partial charge < -0.3 is 10.1 Å². The Morgan fingerprint density at radius 2 is 1.80 bits per heavy atom. The predicted molar refractivity (Wildman–Crippen MR) is 111 cm³/mol. The second-order valence-electron chi connectivity index (χ2n) is 7.72. The summed E-state index contributed by atoms with van der Waals surface area (Å²) in [6.45, 7) is 4.64. The van der Waals surface area contributed by atoms with Gasteiger partial charge in [0.05, 0.1) is 37.7 Å². The van der Waals surface area contributed by atoms with E-state index in [4.69, 9.17) is 5.26 Å². The lowest BCUT2D eigenvalue weighted by atomic mass is 9.94. The van der Waals surface area contributed by atoms with Crippen molar-refractivity contribution in [3.63, 3.8) is 0 Å². The molecule has 9 nitrogen and oxygen atoms in total. The number of rotatable bonds is 8. The summed E-state index contributed by atoms with van der Waals surface area (Å²) < 4.78 is 31.9. The summed E-state index contributed by atoms with van der Waals surface area (Å²) in [6.07, 6.45) is 1.01. The number of nitriles is 1. The van der Waals surface area contributed by atoms with Crippen LogP contribution in [0.1, 0.15) is 20.3 Å². The highest BCUT2D eigenvalue weighted by molar-refractivity contribution is 7.89. The Morgan fingerprint density at radius 1 is 1.20 bits per heavy atom. The number of ether oxygens (including phenoxy) is 1. The monoisotopic (exact) mass is 436 g/mol. The van der Waals surface area contributed by atoms with Crippen LogP contribution in [-0.2, 0) is 24.3 Å². The molecule has 0 radical (unpaired) electrons. The van der Waals surface area contributed by atoms with Gasteiger partial charge in [0.15, 0.2) is 0 Å². The molecule has 1 aromatic rings. The molecule has 1 heterocycles. The number of anilines is 1. The Hall–Kier alpha value is -2.48. The van der Waals surface area contributed by atoms with Crippen LogP contribution in [-0.4, -0.2) is 69.3 Å². The highest BCUT2D eigenvalue weighted by Crippen LogP contribution is 2.27. The lowest BCUT2D eigenvalue weighted by Crippen LogP contribution is -2.42. The van der Waals surface area contributed by atoms with Gasteiger partial charge in [0.2, 0.25) is 15.9 Å². The molecular weight excluding hydrogens is 408 g/mol. The van der Waals surface area contributed by atoms with Gasteiger partial charge in [0, 0.05) is 18.8 Å². The number of nitrogens with zero attached hydrogens (tertiary/aromatic N) is 3. The smallest absolute Gasteiger partial charge is 0.319 e. The fourth-order valence-corrected chi connectivity index (χ4v) is 5.26. The summed E-state index contributed by atoms with van der Waals surface area (Å²) in [4.78, 5) is 25.1. The summed E-state index contributed by atoms with van der Waals surface area (Å²) in [5.74, 6) is -0.357. The maximum atomic E-state index is 12.9. The number of piperidine rings is 1. The molecule has 1 fully saturated rings. The van der Waals surface area contributed by atoms with E-state index in [9.17, 15) is 18.0 Å². The van der Waals surface area contributed by atoms with Crippen molar-refractivity contribution in [2.24, 2.45) is 11.8 Å². The van der Waals surface area contributed by atoms with Gasteiger partial charge in [0.25, 0.3) is 0 Å². The number of hydrogen-bond acceptors (Lipinski definition) is 7. The fourth-order valence-electron chi connectivity index (χ4n) is 3.58. The molecule has 2 unspecified atom stereocenters. The van der Waals surface area contributed by atoms with Gasteiger partial charge in [-0.3, -0.25) is 14.5 Å². The van der Waals surface area contributed by atoms with Crippen LogP contribution in [0, 0.1) is 23.2 Å². The average Bonchev–Trinajstić information content (AvgIpc) is 2.67. The van der Waals surface area contributed by atoms with Crippen LogP contribution in [0.3, 0.4) is 0 Å². The summed E-state index contributed by atoms with van der Waals surface area (Å²) in [7, 11) is -2.36. The molecule has 1 N–H and O–H groups in total. The minimum atomic E-state index is -3.59. The van der Waals surface area contributed by atoms with E-state index in [0.717, 1.165) is 6.42 Å². The summed E-state index contributed by atoms with van der Waals surface area (Å²) in [6, 6.07) is 7.88. The Bertz CT molecular complexity index is 885. The highest BCUT2D eigenvalue weighted by Gasteiger charge is 2.31. The number of carbonyl (C=O) groups is 2. The Morgan fingerprint density at radius 3 is 2.33 bits per heavy atom. The summed E-state index contributed by atoms with van der Waals surface area (Å²) >= 11 is 0. The normalized spacial score (nSPS) is 19.8. The number of esters is 1.